The monoisotopic (exact) mass is 211 g/mol. The van der Waals surface area contributed by atoms with Gasteiger partial charge in [-0.25, -0.2) is 4.98 Å². The fraction of sp³-hybridized carbons (Fsp3) is 0.300. The molecular formula is C10H10ClNS. The largest absolute Gasteiger partial charge is 0.242 e. The number of fused-ring (bicyclic) bond motifs is 1. The molecule has 2 rings (SSSR count). The van der Waals surface area contributed by atoms with Crippen molar-refractivity contribution in [2.24, 2.45) is 0 Å². The van der Waals surface area contributed by atoms with Crippen LogP contribution < -0.4 is 0 Å². The molecule has 0 N–H and O–H groups in total. The Hall–Kier alpha value is -0.600. The molecule has 2 aromatic heterocycles. The van der Waals surface area contributed by atoms with E-state index in [0.717, 1.165) is 20.9 Å². The van der Waals surface area contributed by atoms with Crippen LogP contribution in [0.2, 0.25) is 5.02 Å². The number of aromatic nitrogens is 1. The molecule has 0 aliphatic heterocycles. The first-order chi connectivity index (χ1) is 6.09. The lowest BCUT2D eigenvalue weighted by atomic mass is 10.2. The van der Waals surface area contributed by atoms with Gasteiger partial charge in [0.15, 0.2) is 0 Å². The van der Waals surface area contributed by atoms with E-state index in [1.807, 2.05) is 13.0 Å². The summed E-state index contributed by atoms with van der Waals surface area (Å²) in [4.78, 5) is 6.81. The van der Waals surface area contributed by atoms with Crippen LogP contribution >= 0.6 is 22.9 Å². The molecule has 68 valence electrons. The fourth-order valence-corrected chi connectivity index (χ4v) is 2.96. The number of nitrogens with zero attached hydrogens (tertiary/aromatic N) is 1. The summed E-state index contributed by atoms with van der Waals surface area (Å²) < 4.78 is 0. The van der Waals surface area contributed by atoms with Gasteiger partial charge in [0.25, 0.3) is 0 Å². The number of aryl methyl sites for hydroxylation is 3. The highest BCUT2D eigenvalue weighted by Gasteiger charge is 2.09. The quantitative estimate of drug-likeness (QED) is 0.645. The molecule has 0 unspecified atom stereocenters. The normalized spacial score (nSPS) is 11.1. The molecule has 0 spiro atoms. The van der Waals surface area contributed by atoms with Crippen LogP contribution in [-0.4, -0.2) is 4.98 Å². The summed E-state index contributed by atoms with van der Waals surface area (Å²) in [6, 6.07) is 1.92. The molecule has 0 amide bonds. The summed E-state index contributed by atoms with van der Waals surface area (Å²) in [6.07, 6.45) is 0. The van der Waals surface area contributed by atoms with Crippen molar-refractivity contribution in [3.05, 3.63) is 27.2 Å². The van der Waals surface area contributed by atoms with Crippen molar-refractivity contribution in [1.29, 1.82) is 0 Å². The van der Waals surface area contributed by atoms with E-state index < -0.39 is 0 Å². The van der Waals surface area contributed by atoms with Crippen LogP contribution in [0.5, 0.6) is 0 Å². The lowest BCUT2D eigenvalue weighted by molar-refractivity contribution is 1.27. The number of pyridine rings is 1. The topological polar surface area (TPSA) is 12.9 Å². The summed E-state index contributed by atoms with van der Waals surface area (Å²) in [5, 5.41) is 1.94. The standard InChI is InChI=1S/C10H10ClNS/c1-5-4-8(11)9-6(2)7(3)13-10(9)12-5/h4H,1-3H3. The maximum Gasteiger partial charge on any atom is 0.125 e. The molecule has 13 heavy (non-hydrogen) atoms. The van der Waals surface area contributed by atoms with Crippen LogP contribution in [0.4, 0.5) is 0 Å². The van der Waals surface area contributed by atoms with Crippen molar-refractivity contribution < 1.29 is 0 Å². The minimum absolute atomic E-state index is 0.823. The minimum Gasteiger partial charge on any atom is -0.242 e. The Kier molecular flexibility index (Phi) is 2.05. The van der Waals surface area contributed by atoms with Crippen molar-refractivity contribution in [3.63, 3.8) is 0 Å². The highest BCUT2D eigenvalue weighted by atomic mass is 35.5. The van der Waals surface area contributed by atoms with E-state index in [-0.39, 0.29) is 0 Å². The predicted molar refractivity (Wildman–Crippen MR) is 58.8 cm³/mol. The highest BCUT2D eigenvalue weighted by Crippen LogP contribution is 2.33. The Labute approximate surface area is 86.4 Å². The molecule has 0 aliphatic carbocycles. The van der Waals surface area contributed by atoms with E-state index in [0.29, 0.717) is 0 Å². The van der Waals surface area contributed by atoms with Gasteiger partial charge in [0.1, 0.15) is 4.83 Å². The second-order valence-corrected chi connectivity index (χ2v) is 4.82. The molecule has 0 saturated heterocycles. The van der Waals surface area contributed by atoms with Gasteiger partial charge in [-0.15, -0.1) is 11.3 Å². The Balaban J connectivity index is 2.94. The van der Waals surface area contributed by atoms with Gasteiger partial charge >= 0.3 is 0 Å². The average molecular weight is 212 g/mol. The van der Waals surface area contributed by atoms with Crippen molar-refractivity contribution in [2.75, 3.05) is 0 Å². The third-order valence-electron chi connectivity index (χ3n) is 2.22. The van der Waals surface area contributed by atoms with Crippen molar-refractivity contribution in [1.82, 2.24) is 4.98 Å². The Morgan fingerprint density at radius 2 is 2.00 bits per heavy atom. The summed E-state index contributed by atoms with van der Waals surface area (Å²) in [7, 11) is 0. The van der Waals surface area contributed by atoms with Gasteiger partial charge in [-0.1, -0.05) is 11.6 Å². The molecule has 2 heterocycles. The van der Waals surface area contributed by atoms with Gasteiger partial charge in [-0.2, -0.15) is 0 Å². The van der Waals surface area contributed by atoms with Gasteiger partial charge in [0.05, 0.1) is 5.02 Å². The Morgan fingerprint density at radius 1 is 1.31 bits per heavy atom. The van der Waals surface area contributed by atoms with Crippen molar-refractivity contribution in [3.8, 4) is 0 Å². The molecule has 0 aromatic carbocycles. The summed E-state index contributed by atoms with van der Waals surface area (Å²) in [6.45, 7) is 6.17. The Morgan fingerprint density at radius 3 is 2.69 bits per heavy atom. The number of hydrogen-bond donors (Lipinski definition) is 0. The van der Waals surface area contributed by atoms with Gasteiger partial charge in [0.2, 0.25) is 0 Å². The second-order valence-electron chi connectivity index (χ2n) is 3.21. The molecule has 0 aliphatic rings. The molecule has 1 nitrogen and oxygen atoms in total. The van der Waals surface area contributed by atoms with E-state index in [1.54, 1.807) is 11.3 Å². The molecule has 0 atom stereocenters. The predicted octanol–water partition coefficient (Wildman–Crippen LogP) is 3.87. The lowest BCUT2D eigenvalue weighted by Crippen LogP contribution is -1.81. The van der Waals surface area contributed by atoms with Crippen molar-refractivity contribution >= 4 is 33.2 Å². The number of hydrogen-bond acceptors (Lipinski definition) is 2. The third kappa shape index (κ3) is 1.34. The number of thiophene rings is 1. The molecule has 0 radical (unpaired) electrons. The molecule has 0 fully saturated rings. The van der Waals surface area contributed by atoms with Crippen molar-refractivity contribution in [2.45, 2.75) is 20.8 Å². The number of rotatable bonds is 0. The lowest BCUT2D eigenvalue weighted by Gasteiger charge is -1.97. The van der Waals surface area contributed by atoms with E-state index in [4.69, 9.17) is 11.6 Å². The molecule has 3 heteroatoms. The zero-order valence-corrected chi connectivity index (χ0v) is 9.38. The Bertz CT molecular complexity index is 473. The number of halogens is 1. The first-order valence-corrected chi connectivity index (χ1v) is 5.32. The minimum atomic E-state index is 0.823. The fourth-order valence-electron chi connectivity index (χ4n) is 1.42. The van der Waals surface area contributed by atoms with Gasteiger partial charge in [0, 0.05) is 16.0 Å². The first kappa shape index (κ1) is 8.97. The average Bonchev–Trinajstić information content (AvgIpc) is 2.27. The van der Waals surface area contributed by atoms with Crippen LogP contribution in [0.3, 0.4) is 0 Å². The SMILES string of the molecule is Cc1cc(Cl)c2c(C)c(C)sc2n1. The van der Waals surface area contributed by atoms with Gasteiger partial charge in [-0.3, -0.25) is 0 Å². The smallest absolute Gasteiger partial charge is 0.125 e. The first-order valence-electron chi connectivity index (χ1n) is 4.12. The summed E-state index contributed by atoms with van der Waals surface area (Å²) in [5.74, 6) is 0. The zero-order chi connectivity index (χ0) is 9.59. The van der Waals surface area contributed by atoms with Gasteiger partial charge in [-0.05, 0) is 32.4 Å². The second kappa shape index (κ2) is 2.96. The van der Waals surface area contributed by atoms with Crippen LogP contribution in [0.25, 0.3) is 10.2 Å². The maximum atomic E-state index is 6.15. The molecule has 0 saturated carbocycles. The van der Waals surface area contributed by atoms with E-state index in [2.05, 4.69) is 18.8 Å². The van der Waals surface area contributed by atoms with Crippen LogP contribution in [-0.2, 0) is 0 Å². The van der Waals surface area contributed by atoms with Gasteiger partial charge < -0.3 is 0 Å². The van der Waals surface area contributed by atoms with E-state index >= 15 is 0 Å². The highest BCUT2D eigenvalue weighted by molar-refractivity contribution is 7.18. The summed E-state index contributed by atoms with van der Waals surface area (Å²) >= 11 is 7.86. The van der Waals surface area contributed by atoms with Crippen LogP contribution in [0, 0.1) is 20.8 Å². The van der Waals surface area contributed by atoms with E-state index in [1.165, 1.54) is 10.4 Å². The summed E-state index contributed by atoms with van der Waals surface area (Å²) in [5.41, 5.74) is 2.25. The van der Waals surface area contributed by atoms with Crippen LogP contribution in [0.15, 0.2) is 6.07 Å². The zero-order valence-electron chi connectivity index (χ0n) is 7.81. The molecular weight excluding hydrogens is 202 g/mol. The van der Waals surface area contributed by atoms with Crippen LogP contribution in [0.1, 0.15) is 16.1 Å². The molecule has 2 aromatic rings. The van der Waals surface area contributed by atoms with E-state index in [9.17, 15) is 0 Å². The molecule has 0 bridgehead atoms. The maximum absolute atomic E-state index is 6.15. The third-order valence-corrected chi connectivity index (χ3v) is 3.62.